The predicted molar refractivity (Wildman–Crippen MR) is 36.5 cm³/mol. The molecule has 9 heavy (non-hydrogen) atoms. The molecule has 1 atom stereocenters. The monoisotopic (exact) mass is 145 g/mol. The van der Waals surface area contributed by atoms with E-state index in [1.807, 2.05) is 0 Å². The summed E-state index contributed by atoms with van der Waals surface area (Å²) in [5.41, 5.74) is 0. The molecule has 0 spiro atoms. The lowest BCUT2D eigenvalue weighted by atomic mass is 10.3. The van der Waals surface area contributed by atoms with Crippen LogP contribution in [0.4, 0.5) is 0 Å². The first-order valence-corrected chi connectivity index (χ1v) is 3.43. The first kappa shape index (κ1) is 6.61. The number of hydrogen-bond donors (Lipinski definition) is 0. The van der Waals surface area contributed by atoms with Crippen molar-refractivity contribution in [2.75, 3.05) is 7.11 Å². The van der Waals surface area contributed by atoms with Crippen LogP contribution in [0.2, 0.25) is 0 Å². The standard InChI is InChI=1S/C5H7NO2S/c1-8-5(7)4-2-3-6-9-4/h3-4H,2H2,1H3. The number of carbonyl (C=O) groups is 1. The summed E-state index contributed by atoms with van der Waals surface area (Å²) in [4.78, 5) is 10.7. The number of carbonyl (C=O) groups excluding carboxylic acids is 1. The Morgan fingerprint density at radius 2 is 2.78 bits per heavy atom. The van der Waals surface area contributed by atoms with Crippen molar-refractivity contribution < 1.29 is 9.53 Å². The summed E-state index contributed by atoms with van der Waals surface area (Å²) in [6.45, 7) is 0. The fourth-order valence-electron chi connectivity index (χ4n) is 0.569. The third kappa shape index (κ3) is 1.45. The van der Waals surface area contributed by atoms with Crippen LogP contribution in [-0.2, 0) is 9.53 Å². The van der Waals surface area contributed by atoms with Gasteiger partial charge in [0.25, 0.3) is 0 Å². The van der Waals surface area contributed by atoms with Crippen molar-refractivity contribution in [3.8, 4) is 0 Å². The zero-order valence-electron chi connectivity index (χ0n) is 5.03. The van der Waals surface area contributed by atoms with Crippen molar-refractivity contribution in [3.05, 3.63) is 0 Å². The maximum absolute atomic E-state index is 10.7. The smallest absolute Gasteiger partial charge is 0.321 e. The molecule has 0 aliphatic carbocycles. The third-order valence-corrected chi connectivity index (χ3v) is 1.96. The molecule has 1 unspecified atom stereocenters. The van der Waals surface area contributed by atoms with Gasteiger partial charge in [-0.1, -0.05) is 0 Å². The van der Waals surface area contributed by atoms with Gasteiger partial charge in [0.05, 0.1) is 7.11 Å². The van der Waals surface area contributed by atoms with Crippen molar-refractivity contribution >= 4 is 24.1 Å². The van der Waals surface area contributed by atoms with Crippen LogP contribution in [0.25, 0.3) is 0 Å². The molecule has 0 radical (unpaired) electrons. The molecule has 3 nitrogen and oxygen atoms in total. The molecular formula is C5H7NO2S. The molecular weight excluding hydrogens is 138 g/mol. The van der Waals surface area contributed by atoms with Crippen LogP contribution in [0.5, 0.6) is 0 Å². The molecule has 4 heteroatoms. The number of ether oxygens (including phenoxy) is 1. The summed E-state index contributed by atoms with van der Waals surface area (Å²) in [5.74, 6) is -0.183. The second-order valence-electron chi connectivity index (χ2n) is 1.64. The average Bonchev–Trinajstić information content (AvgIpc) is 2.37. The van der Waals surface area contributed by atoms with Gasteiger partial charge in [-0.15, -0.1) is 0 Å². The lowest BCUT2D eigenvalue weighted by Crippen LogP contribution is -2.15. The zero-order chi connectivity index (χ0) is 6.69. The molecule has 1 heterocycles. The molecule has 0 aromatic rings. The molecule has 0 fully saturated rings. The van der Waals surface area contributed by atoms with Gasteiger partial charge in [-0.3, -0.25) is 4.79 Å². The number of nitrogens with zero attached hydrogens (tertiary/aromatic N) is 1. The van der Waals surface area contributed by atoms with E-state index in [1.165, 1.54) is 19.1 Å². The van der Waals surface area contributed by atoms with Crippen molar-refractivity contribution in [1.29, 1.82) is 0 Å². The van der Waals surface area contributed by atoms with Crippen molar-refractivity contribution in [2.45, 2.75) is 11.7 Å². The quantitative estimate of drug-likeness (QED) is 0.401. The van der Waals surface area contributed by atoms with Gasteiger partial charge in [0.1, 0.15) is 5.25 Å². The number of hydrogen-bond acceptors (Lipinski definition) is 4. The van der Waals surface area contributed by atoms with Crippen LogP contribution in [0, 0.1) is 0 Å². The maximum atomic E-state index is 10.7. The van der Waals surface area contributed by atoms with Crippen LogP contribution in [0.15, 0.2) is 4.40 Å². The van der Waals surface area contributed by atoms with E-state index in [1.54, 1.807) is 6.21 Å². The Morgan fingerprint density at radius 1 is 2.00 bits per heavy atom. The highest BCUT2D eigenvalue weighted by molar-refractivity contribution is 7.99. The molecule has 0 N–H and O–H groups in total. The molecule has 0 aromatic heterocycles. The second kappa shape index (κ2) is 2.87. The normalized spacial score (nSPS) is 24.3. The van der Waals surface area contributed by atoms with E-state index in [4.69, 9.17) is 0 Å². The largest absolute Gasteiger partial charge is 0.468 e. The fraction of sp³-hybridized carbons (Fsp3) is 0.600. The Bertz CT molecular complexity index is 138. The van der Waals surface area contributed by atoms with E-state index in [-0.39, 0.29) is 11.2 Å². The van der Waals surface area contributed by atoms with Gasteiger partial charge in [-0.25, -0.2) is 4.40 Å². The van der Waals surface area contributed by atoms with Crippen LogP contribution < -0.4 is 0 Å². The van der Waals surface area contributed by atoms with E-state index in [2.05, 4.69) is 9.13 Å². The van der Waals surface area contributed by atoms with Gasteiger partial charge in [0.2, 0.25) is 0 Å². The van der Waals surface area contributed by atoms with Gasteiger partial charge in [-0.2, -0.15) is 0 Å². The lowest BCUT2D eigenvalue weighted by Gasteiger charge is -2.01. The van der Waals surface area contributed by atoms with Gasteiger partial charge in [0, 0.05) is 12.6 Å². The fourth-order valence-corrected chi connectivity index (χ4v) is 1.24. The summed E-state index contributed by atoms with van der Waals surface area (Å²) in [6, 6.07) is 0. The number of esters is 1. The number of rotatable bonds is 1. The maximum Gasteiger partial charge on any atom is 0.321 e. The van der Waals surface area contributed by atoms with Crippen molar-refractivity contribution in [2.24, 2.45) is 4.40 Å². The Balaban J connectivity index is 2.36. The minimum atomic E-state index is -0.183. The minimum Gasteiger partial charge on any atom is -0.468 e. The molecule has 0 amide bonds. The molecule has 0 aromatic carbocycles. The van der Waals surface area contributed by atoms with Crippen molar-refractivity contribution in [1.82, 2.24) is 0 Å². The van der Waals surface area contributed by atoms with Crippen LogP contribution in [0.3, 0.4) is 0 Å². The van der Waals surface area contributed by atoms with E-state index < -0.39 is 0 Å². The highest BCUT2D eigenvalue weighted by atomic mass is 32.2. The Kier molecular flexibility index (Phi) is 2.10. The molecule has 1 aliphatic rings. The summed E-state index contributed by atoms with van der Waals surface area (Å²) in [5, 5.41) is -0.0880. The lowest BCUT2D eigenvalue weighted by molar-refractivity contribution is -0.139. The molecule has 0 saturated carbocycles. The predicted octanol–water partition coefficient (Wildman–Crippen LogP) is 0.651. The van der Waals surface area contributed by atoms with Crippen LogP contribution in [0.1, 0.15) is 6.42 Å². The first-order chi connectivity index (χ1) is 4.34. The van der Waals surface area contributed by atoms with Gasteiger partial charge in [-0.05, 0) is 11.9 Å². The van der Waals surface area contributed by atoms with E-state index in [0.717, 1.165) is 0 Å². The second-order valence-corrected chi connectivity index (χ2v) is 2.63. The molecule has 50 valence electrons. The molecule has 1 aliphatic heterocycles. The van der Waals surface area contributed by atoms with Gasteiger partial charge < -0.3 is 4.74 Å². The Labute approximate surface area is 57.6 Å². The van der Waals surface area contributed by atoms with Crippen molar-refractivity contribution in [3.63, 3.8) is 0 Å². The van der Waals surface area contributed by atoms with E-state index >= 15 is 0 Å². The third-order valence-electron chi connectivity index (χ3n) is 1.05. The first-order valence-electron chi connectivity index (χ1n) is 2.60. The van der Waals surface area contributed by atoms with Crippen LogP contribution in [-0.4, -0.2) is 24.5 Å². The van der Waals surface area contributed by atoms with Gasteiger partial charge >= 0.3 is 5.97 Å². The number of methoxy groups -OCH3 is 1. The topological polar surface area (TPSA) is 38.7 Å². The summed E-state index contributed by atoms with van der Waals surface area (Å²) in [6.07, 6.45) is 2.43. The highest BCUT2D eigenvalue weighted by Gasteiger charge is 2.21. The Hall–Kier alpha value is -0.510. The summed E-state index contributed by atoms with van der Waals surface area (Å²) < 4.78 is 8.32. The SMILES string of the molecule is COC(=O)C1CC=NS1. The summed E-state index contributed by atoms with van der Waals surface area (Å²) in [7, 11) is 1.39. The van der Waals surface area contributed by atoms with E-state index in [9.17, 15) is 4.79 Å². The molecule has 0 bridgehead atoms. The zero-order valence-corrected chi connectivity index (χ0v) is 5.85. The molecule has 0 saturated heterocycles. The summed E-state index contributed by atoms with van der Waals surface area (Å²) >= 11 is 1.27. The minimum absolute atomic E-state index is 0.0880. The van der Waals surface area contributed by atoms with Gasteiger partial charge in [0.15, 0.2) is 0 Å². The van der Waals surface area contributed by atoms with E-state index in [0.29, 0.717) is 6.42 Å². The van der Waals surface area contributed by atoms with Crippen LogP contribution >= 0.6 is 11.9 Å². The Morgan fingerprint density at radius 3 is 3.22 bits per heavy atom. The molecule has 1 rings (SSSR count). The average molecular weight is 145 g/mol. The highest BCUT2D eigenvalue weighted by Crippen LogP contribution is 2.21.